The number of carbonyl (C=O) groups excluding carboxylic acids is 2. The van der Waals surface area contributed by atoms with Crippen molar-refractivity contribution >= 4 is 12.6 Å². The van der Waals surface area contributed by atoms with E-state index in [0.717, 1.165) is 25.4 Å². The molecule has 2 aliphatic rings. The van der Waals surface area contributed by atoms with Crippen molar-refractivity contribution < 1.29 is 28.5 Å². The van der Waals surface area contributed by atoms with Gasteiger partial charge in [-0.15, -0.1) is 0 Å². The first-order valence-electron chi connectivity index (χ1n) is 18.7. The molecule has 8 rings (SSSR count). The third kappa shape index (κ3) is 6.66. The zero-order valence-corrected chi connectivity index (χ0v) is 32.0. The highest BCUT2D eigenvalue weighted by molar-refractivity contribution is 5.75. The molecule has 0 saturated carbocycles. The van der Waals surface area contributed by atoms with Crippen molar-refractivity contribution in [1.82, 2.24) is 0 Å². The van der Waals surface area contributed by atoms with E-state index in [2.05, 4.69) is 64.1 Å². The van der Waals surface area contributed by atoms with Gasteiger partial charge in [0.25, 0.3) is 0 Å². The molecule has 0 aromatic heterocycles. The number of aldehydes is 2. The lowest BCUT2D eigenvalue weighted by atomic mass is 9.72. The number of rotatable bonds is 10. The summed E-state index contributed by atoms with van der Waals surface area (Å²) in [5, 5.41) is 20.5. The van der Waals surface area contributed by atoms with Gasteiger partial charge < -0.3 is 18.9 Å². The van der Waals surface area contributed by atoms with Crippen LogP contribution in [-0.2, 0) is 16.2 Å². The van der Waals surface area contributed by atoms with Gasteiger partial charge in [0.05, 0.1) is 0 Å². The molecule has 8 heteroatoms. The molecule has 8 nitrogen and oxygen atoms in total. The maximum atomic E-state index is 11.1. The monoisotopic (exact) mass is 750 g/mol. The second kappa shape index (κ2) is 14.2. The number of carbonyl (C=O) groups is 2. The molecule has 57 heavy (non-hydrogen) atoms. The highest BCUT2D eigenvalue weighted by atomic mass is 16.5. The van der Waals surface area contributed by atoms with Crippen LogP contribution in [0.15, 0.2) is 121 Å². The minimum Gasteiger partial charge on any atom is -0.456 e. The molecule has 0 aliphatic heterocycles. The van der Waals surface area contributed by atoms with Crippen LogP contribution in [-0.4, -0.2) is 12.6 Å². The third-order valence-electron chi connectivity index (χ3n) is 11.1. The van der Waals surface area contributed by atoms with Gasteiger partial charge in [0, 0.05) is 16.5 Å². The molecule has 0 atom stereocenters. The van der Waals surface area contributed by atoms with Gasteiger partial charge in [0.2, 0.25) is 0 Å². The van der Waals surface area contributed by atoms with E-state index in [1.165, 1.54) is 22.3 Å². The fourth-order valence-electron chi connectivity index (χ4n) is 8.75. The number of benzene rings is 6. The van der Waals surface area contributed by atoms with Crippen LogP contribution in [0.4, 0.5) is 0 Å². The minimum absolute atomic E-state index is 0.156. The van der Waals surface area contributed by atoms with E-state index >= 15 is 0 Å². The van der Waals surface area contributed by atoms with Gasteiger partial charge in [-0.1, -0.05) is 52.0 Å². The Morgan fingerprint density at radius 3 is 1.14 bits per heavy atom. The molecule has 6 aromatic carbocycles. The van der Waals surface area contributed by atoms with Crippen molar-refractivity contribution in [2.24, 2.45) is 0 Å². The van der Waals surface area contributed by atoms with E-state index in [1.54, 1.807) is 84.9 Å². The van der Waals surface area contributed by atoms with Crippen molar-refractivity contribution in [1.29, 1.82) is 10.5 Å². The van der Waals surface area contributed by atoms with Crippen LogP contribution in [0, 0.1) is 22.7 Å². The summed E-state index contributed by atoms with van der Waals surface area (Å²) in [5.41, 5.74) is 5.69. The van der Waals surface area contributed by atoms with Crippen LogP contribution in [0.25, 0.3) is 0 Å². The summed E-state index contributed by atoms with van der Waals surface area (Å²) in [6.07, 6.45) is 3.26. The fraction of sp³-hybridized carbons (Fsp3) is 0.184. The van der Waals surface area contributed by atoms with Gasteiger partial charge >= 0.3 is 0 Å². The Balaban J connectivity index is 1.14. The first-order chi connectivity index (χ1) is 27.5. The molecule has 0 saturated heterocycles. The van der Waals surface area contributed by atoms with Gasteiger partial charge in [-0.2, -0.15) is 10.5 Å². The van der Waals surface area contributed by atoms with Crippen molar-refractivity contribution in [2.45, 2.75) is 56.8 Å². The molecule has 0 fully saturated rings. The lowest BCUT2D eigenvalue weighted by molar-refractivity contribution is 0.111. The minimum atomic E-state index is -0.371. The second-order valence-electron chi connectivity index (χ2n) is 15.9. The molecular weight excluding hydrogens is 713 g/mol. The van der Waals surface area contributed by atoms with Gasteiger partial charge in [-0.05, 0) is 143 Å². The van der Waals surface area contributed by atoms with E-state index in [-0.39, 0.29) is 27.4 Å². The van der Waals surface area contributed by atoms with Crippen LogP contribution in [0.3, 0.4) is 0 Å². The van der Waals surface area contributed by atoms with Crippen LogP contribution in [0.1, 0.15) is 94.6 Å². The van der Waals surface area contributed by atoms with E-state index in [9.17, 15) is 20.1 Å². The molecule has 0 unspecified atom stereocenters. The van der Waals surface area contributed by atoms with Gasteiger partial charge in [0.1, 0.15) is 81.8 Å². The predicted molar refractivity (Wildman–Crippen MR) is 215 cm³/mol. The number of hydrogen-bond acceptors (Lipinski definition) is 8. The lowest BCUT2D eigenvalue weighted by Gasteiger charge is -2.30. The maximum absolute atomic E-state index is 11.1. The fourth-order valence-corrected chi connectivity index (χ4v) is 8.75. The van der Waals surface area contributed by atoms with Crippen LogP contribution in [0.2, 0.25) is 0 Å². The molecular formula is C49H38N2O6. The third-order valence-corrected chi connectivity index (χ3v) is 11.1. The number of nitriles is 2. The highest BCUT2D eigenvalue weighted by Crippen LogP contribution is 2.63. The van der Waals surface area contributed by atoms with Crippen LogP contribution >= 0.6 is 0 Å². The molecule has 1 spiro atoms. The molecule has 0 heterocycles. The van der Waals surface area contributed by atoms with Gasteiger partial charge in [0.15, 0.2) is 0 Å². The Labute approximate surface area is 331 Å². The topological polar surface area (TPSA) is 119 Å². The number of hydrogen-bond donors (Lipinski definition) is 0. The molecule has 0 amide bonds. The summed E-state index contributed by atoms with van der Waals surface area (Å²) in [7, 11) is 0. The molecule has 0 radical (unpaired) electrons. The average Bonchev–Trinajstić information content (AvgIpc) is 3.57. The largest absolute Gasteiger partial charge is 0.456 e. The average molecular weight is 751 g/mol. The van der Waals surface area contributed by atoms with Crippen molar-refractivity contribution in [3.63, 3.8) is 0 Å². The summed E-state index contributed by atoms with van der Waals surface area (Å²) < 4.78 is 25.1. The maximum Gasteiger partial charge on any atom is 0.150 e. The van der Waals surface area contributed by atoms with Gasteiger partial charge in [-0.3, -0.25) is 9.59 Å². The molecule has 2 aliphatic carbocycles. The van der Waals surface area contributed by atoms with Crippen molar-refractivity contribution in [3.05, 3.63) is 166 Å². The van der Waals surface area contributed by atoms with E-state index in [1.807, 2.05) is 12.1 Å². The summed E-state index contributed by atoms with van der Waals surface area (Å²) in [5.74, 6) is 3.61. The first-order valence-corrected chi connectivity index (χ1v) is 18.7. The second-order valence-corrected chi connectivity index (χ2v) is 15.9. The van der Waals surface area contributed by atoms with Gasteiger partial charge in [-0.25, -0.2) is 0 Å². The Morgan fingerprint density at radius 2 is 0.807 bits per heavy atom. The Hall–Kier alpha value is -7.16. The highest BCUT2D eigenvalue weighted by Gasteiger charge is 2.56. The predicted octanol–water partition coefficient (Wildman–Crippen LogP) is 11.9. The van der Waals surface area contributed by atoms with Crippen LogP contribution < -0.4 is 18.9 Å². The first kappa shape index (κ1) is 36.8. The Bertz CT molecular complexity index is 2460. The summed E-state index contributed by atoms with van der Waals surface area (Å²) >= 11 is 0. The van der Waals surface area contributed by atoms with Crippen molar-refractivity contribution in [2.75, 3.05) is 0 Å². The number of ether oxygens (including phenoxy) is 4. The normalized spacial score (nSPS) is 15.1. The summed E-state index contributed by atoms with van der Waals surface area (Å²) in [4.78, 5) is 22.3. The molecule has 0 N–H and O–H groups in total. The van der Waals surface area contributed by atoms with Crippen molar-refractivity contribution in [3.8, 4) is 58.1 Å². The lowest BCUT2D eigenvalue weighted by Crippen LogP contribution is -2.27. The summed E-state index contributed by atoms with van der Waals surface area (Å²) in [6.45, 7) is 9.11. The van der Waals surface area contributed by atoms with Crippen LogP contribution in [0.5, 0.6) is 46.0 Å². The molecule has 0 bridgehead atoms. The standard InChI is InChI=1S/C49H38N2O6/c1-47(2)29-49(41-23-35(19-21-39(41)47)56-45-9-5-7-43(37(45)25-50)54-33-15-11-31(27-52)12-16-33)30-48(3,4)40-22-20-36(24-42(40)49)57-46-10-6-8-44(38(46)26-51)55-34-17-13-32(28-53)14-18-34/h5-24,27-28H,29-30H2,1-4H3. The van der Waals surface area contributed by atoms with E-state index in [0.29, 0.717) is 57.1 Å². The quantitative estimate of drug-likeness (QED) is 0.127. The number of fused-ring (bicyclic) bond motifs is 4. The Kier molecular flexibility index (Phi) is 9.14. The number of nitrogens with zero attached hydrogens (tertiary/aromatic N) is 2. The van der Waals surface area contributed by atoms with E-state index < -0.39 is 0 Å². The zero-order chi connectivity index (χ0) is 40.0. The SMILES string of the molecule is CC1(C)CC2(CC(C)(C)c3ccc(Oc4cccc(Oc5ccc(C=O)cc5)c4C#N)cc32)c2cc(Oc3cccc(Oc4ccc(C=O)cc4)c3C#N)ccc21. The summed E-state index contributed by atoms with van der Waals surface area (Å²) in [6, 6.07) is 40.8. The Morgan fingerprint density at radius 1 is 0.474 bits per heavy atom. The zero-order valence-electron chi connectivity index (χ0n) is 32.0. The molecule has 6 aromatic rings. The smallest absolute Gasteiger partial charge is 0.150 e. The van der Waals surface area contributed by atoms with E-state index in [4.69, 9.17) is 18.9 Å². The molecule has 280 valence electrons.